The number of hydrogen-bond acceptors (Lipinski definition) is 1. The van der Waals surface area contributed by atoms with Crippen molar-refractivity contribution < 1.29 is 4.39 Å². The molecule has 1 fully saturated rings. The highest BCUT2D eigenvalue weighted by Crippen LogP contribution is 2.37. The van der Waals surface area contributed by atoms with Crippen LogP contribution in [0, 0.1) is 23.6 Å². The quantitative estimate of drug-likeness (QED) is 0.551. The number of halogens is 1. The van der Waals surface area contributed by atoms with E-state index in [0.717, 1.165) is 36.3 Å². The lowest BCUT2D eigenvalue weighted by atomic mass is 9.77. The van der Waals surface area contributed by atoms with Gasteiger partial charge in [0, 0.05) is 25.2 Å². The number of rotatable bonds is 6. The molecule has 1 nitrogen and oxygen atoms in total. The van der Waals surface area contributed by atoms with Crippen LogP contribution in [0.3, 0.4) is 0 Å². The molecule has 0 saturated carbocycles. The van der Waals surface area contributed by atoms with Crippen molar-refractivity contribution in [1.82, 2.24) is 4.90 Å². The van der Waals surface area contributed by atoms with Crippen LogP contribution in [0.1, 0.15) is 63.1 Å². The molecular formula is C25H30FN. The summed E-state index contributed by atoms with van der Waals surface area (Å²) >= 11 is 0. The molecule has 27 heavy (non-hydrogen) atoms. The minimum Gasteiger partial charge on any atom is -0.298 e. The third-order valence-corrected chi connectivity index (χ3v) is 5.67. The van der Waals surface area contributed by atoms with Crippen LogP contribution >= 0.6 is 0 Å². The van der Waals surface area contributed by atoms with E-state index in [-0.39, 0.29) is 5.82 Å². The SMILES string of the molecule is C#Cc1cc(-c2ccc(F)cc2)c(C(C)C)cc1CN1CC(C)(CCC)C1. The third kappa shape index (κ3) is 4.25. The Kier molecular flexibility index (Phi) is 5.72. The second-order valence-electron chi connectivity index (χ2n) is 8.61. The monoisotopic (exact) mass is 363 g/mol. The van der Waals surface area contributed by atoms with E-state index in [0.29, 0.717) is 11.3 Å². The molecule has 1 heterocycles. The molecule has 0 spiro atoms. The zero-order valence-corrected chi connectivity index (χ0v) is 17.0. The molecular weight excluding hydrogens is 333 g/mol. The maximum Gasteiger partial charge on any atom is 0.123 e. The first-order chi connectivity index (χ1) is 12.8. The highest BCUT2D eigenvalue weighted by atomic mass is 19.1. The largest absolute Gasteiger partial charge is 0.298 e. The topological polar surface area (TPSA) is 3.24 Å². The first-order valence-electron chi connectivity index (χ1n) is 9.97. The molecule has 0 N–H and O–H groups in total. The van der Waals surface area contributed by atoms with E-state index in [9.17, 15) is 4.39 Å². The second kappa shape index (κ2) is 7.87. The molecule has 0 aromatic heterocycles. The minimum atomic E-state index is -0.216. The van der Waals surface area contributed by atoms with Crippen LogP contribution < -0.4 is 0 Å². The fourth-order valence-corrected chi connectivity index (χ4v) is 4.43. The zero-order chi connectivity index (χ0) is 19.6. The van der Waals surface area contributed by atoms with Gasteiger partial charge in [-0.1, -0.05) is 58.2 Å². The lowest BCUT2D eigenvalue weighted by molar-refractivity contribution is 0.00192. The molecule has 0 radical (unpaired) electrons. The van der Waals surface area contributed by atoms with E-state index in [2.05, 4.69) is 50.6 Å². The van der Waals surface area contributed by atoms with E-state index in [1.54, 1.807) is 0 Å². The van der Waals surface area contributed by atoms with Crippen molar-refractivity contribution in [2.24, 2.45) is 5.41 Å². The Balaban J connectivity index is 1.91. The van der Waals surface area contributed by atoms with Crippen LogP contribution in [0.25, 0.3) is 11.1 Å². The maximum atomic E-state index is 13.3. The first kappa shape index (κ1) is 19.6. The molecule has 1 saturated heterocycles. The summed E-state index contributed by atoms with van der Waals surface area (Å²) < 4.78 is 13.3. The Morgan fingerprint density at radius 1 is 1.19 bits per heavy atom. The van der Waals surface area contributed by atoms with Gasteiger partial charge in [-0.15, -0.1) is 6.42 Å². The molecule has 0 aliphatic carbocycles. The van der Waals surface area contributed by atoms with Gasteiger partial charge in [0.2, 0.25) is 0 Å². The fraction of sp³-hybridized carbons (Fsp3) is 0.440. The van der Waals surface area contributed by atoms with Crippen molar-refractivity contribution in [1.29, 1.82) is 0 Å². The van der Waals surface area contributed by atoms with Crippen molar-refractivity contribution in [2.75, 3.05) is 13.1 Å². The number of nitrogens with zero attached hydrogens (tertiary/aromatic N) is 1. The van der Waals surface area contributed by atoms with Gasteiger partial charge in [-0.2, -0.15) is 0 Å². The molecule has 0 unspecified atom stereocenters. The predicted octanol–water partition coefficient (Wildman–Crippen LogP) is 6.22. The van der Waals surface area contributed by atoms with Crippen molar-refractivity contribution in [3.8, 4) is 23.5 Å². The first-order valence-corrected chi connectivity index (χ1v) is 9.97. The summed E-state index contributed by atoms with van der Waals surface area (Å²) in [4.78, 5) is 2.49. The smallest absolute Gasteiger partial charge is 0.123 e. The van der Waals surface area contributed by atoms with Gasteiger partial charge in [-0.05, 0) is 58.2 Å². The average Bonchev–Trinajstić information content (AvgIpc) is 2.61. The maximum absolute atomic E-state index is 13.3. The van der Waals surface area contributed by atoms with Gasteiger partial charge < -0.3 is 0 Å². The van der Waals surface area contributed by atoms with E-state index in [1.165, 1.54) is 36.1 Å². The molecule has 142 valence electrons. The number of likely N-dealkylation sites (tertiary alicyclic amines) is 1. The van der Waals surface area contributed by atoms with Gasteiger partial charge in [0.1, 0.15) is 5.82 Å². The summed E-state index contributed by atoms with van der Waals surface area (Å²) in [6, 6.07) is 11.1. The molecule has 2 heteroatoms. The van der Waals surface area contributed by atoms with Gasteiger partial charge in [0.05, 0.1) is 0 Å². The zero-order valence-electron chi connectivity index (χ0n) is 17.0. The lowest BCUT2D eigenvalue weighted by Crippen LogP contribution is -2.53. The summed E-state index contributed by atoms with van der Waals surface area (Å²) in [5, 5.41) is 0. The summed E-state index contributed by atoms with van der Waals surface area (Å²) in [5.74, 6) is 3.04. The number of hydrogen-bond donors (Lipinski definition) is 0. The summed E-state index contributed by atoms with van der Waals surface area (Å²) in [6.45, 7) is 12.2. The third-order valence-electron chi connectivity index (χ3n) is 5.67. The second-order valence-corrected chi connectivity index (χ2v) is 8.61. The average molecular weight is 364 g/mol. The Morgan fingerprint density at radius 3 is 2.41 bits per heavy atom. The van der Waals surface area contributed by atoms with Crippen molar-refractivity contribution in [2.45, 2.75) is 53.0 Å². The highest BCUT2D eigenvalue weighted by molar-refractivity contribution is 5.71. The normalized spacial score (nSPS) is 16.2. The molecule has 0 amide bonds. The van der Waals surface area contributed by atoms with Crippen molar-refractivity contribution >= 4 is 0 Å². The van der Waals surface area contributed by atoms with Crippen LogP contribution in [-0.2, 0) is 6.54 Å². The highest BCUT2D eigenvalue weighted by Gasteiger charge is 2.37. The van der Waals surface area contributed by atoms with Gasteiger partial charge in [0.25, 0.3) is 0 Å². The number of benzene rings is 2. The van der Waals surface area contributed by atoms with Gasteiger partial charge >= 0.3 is 0 Å². The Hall–Kier alpha value is -2.11. The molecule has 0 bridgehead atoms. The van der Waals surface area contributed by atoms with Crippen LogP contribution in [0.5, 0.6) is 0 Å². The Morgan fingerprint density at radius 2 is 1.85 bits per heavy atom. The van der Waals surface area contributed by atoms with E-state index in [1.807, 2.05) is 12.1 Å². The minimum absolute atomic E-state index is 0.216. The van der Waals surface area contributed by atoms with Crippen LogP contribution in [-0.4, -0.2) is 18.0 Å². The standard InChI is InChI=1S/C25H30FN/c1-6-12-25(5)16-27(17-25)15-21-14-23(18(3)4)24(13-19(21)7-2)20-8-10-22(26)11-9-20/h2,8-11,13-14,18H,6,12,15-17H2,1,3-5H3. The summed E-state index contributed by atoms with van der Waals surface area (Å²) in [6.07, 6.45) is 8.38. The van der Waals surface area contributed by atoms with Crippen molar-refractivity contribution in [3.63, 3.8) is 0 Å². The van der Waals surface area contributed by atoms with Gasteiger partial charge in [0.15, 0.2) is 0 Å². The van der Waals surface area contributed by atoms with Gasteiger partial charge in [-0.3, -0.25) is 4.90 Å². The van der Waals surface area contributed by atoms with Crippen LogP contribution in [0.4, 0.5) is 4.39 Å². The molecule has 2 aromatic rings. The predicted molar refractivity (Wildman–Crippen MR) is 112 cm³/mol. The van der Waals surface area contributed by atoms with E-state index >= 15 is 0 Å². The molecule has 1 aliphatic heterocycles. The van der Waals surface area contributed by atoms with E-state index in [4.69, 9.17) is 6.42 Å². The Labute approximate surface area is 163 Å². The van der Waals surface area contributed by atoms with Gasteiger partial charge in [-0.25, -0.2) is 4.39 Å². The lowest BCUT2D eigenvalue weighted by Gasteiger charge is -2.48. The molecule has 1 aliphatic rings. The molecule has 3 rings (SSSR count). The van der Waals surface area contributed by atoms with Crippen LogP contribution in [0.15, 0.2) is 36.4 Å². The summed E-state index contributed by atoms with van der Waals surface area (Å²) in [5.41, 5.74) is 6.03. The summed E-state index contributed by atoms with van der Waals surface area (Å²) in [7, 11) is 0. The van der Waals surface area contributed by atoms with Crippen molar-refractivity contribution in [3.05, 3.63) is 58.9 Å². The number of terminal acetylenes is 1. The molecule has 0 atom stereocenters. The molecule has 2 aromatic carbocycles. The van der Waals surface area contributed by atoms with E-state index < -0.39 is 0 Å². The Bertz CT molecular complexity index is 836. The van der Waals surface area contributed by atoms with Crippen LogP contribution in [0.2, 0.25) is 0 Å². The fourth-order valence-electron chi connectivity index (χ4n) is 4.43.